The van der Waals surface area contributed by atoms with Gasteiger partial charge in [0.2, 0.25) is 5.91 Å². The van der Waals surface area contributed by atoms with Crippen LogP contribution in [0, 0.1) is 5.41 Å². The minimum atomic E-state index is -0.429. The molecule has 1 fully saturated rings. The highest BCUT2D eigenvalue weighted by atomic mass is 16.3. The predicted molar refractivity (Wildman–Crippen MR) is 88.5 cm³/mol. The molecular formula is C18H28N2O2. The Hall–Kier alpha value is -1.39. The molecule has 0 aromatic heterocycles. The third kappa shape index (κ3) is 3.50. The number of carbonyl (C=O) groups excluding carboxylic acids is 1. The van der Waals surface area contributed by atoms with Gasteiger partial charge in [0.05, 0.1) is 0 Å². The number of amides is 1. The van der Waals surface area contributed by atoms with E-state index >= 15 is 0 Å². The van der Waals surface area contributed by atoms with Crippen LogP contribution in [0.2, 0.25) is 0 Å². The quantitative estimate of drug-likeness (QED) is 0.876. The van der Waals surface area contributed by atoms with Crippen molar-refractivity contribution in [1.29, 1.82) is 0 Å². The van der Waals surface area contributed by atoms with Crippen molar-refractivity contribution in [3.63, 3.8) is 0 Å². The maximum Gasteiger partial charge on any atom is 0.245 e. The Kier molecular flexibility index (Phi) is 5.24. The fourth-order valence-electron chi connectivity index (χ4n) is 3.55. The summed E-state index contributed by atoms with van der Waals surface area (Å²) in [6.45, 7) is 2.45. The van der Waals surface area contributed by atoms with Crippen LogP contribution in [0.3, 0.4) is 0 Å². The maximum atomic E-state index is 11.3. The van der Waals surface area contributed by atoms with Gasteiger partial charge in [-0.3, -0.25) is 9.69 Å². The Balaban J connectivity index is 2.09. The first-order valence-corrected chi connectivity index (χ1v) is 8.02. The standard InChI is InChI=1S/C18H28N2O2/c1-17(14-19-16(22)13-21)9-11-18(12-10-17,20(2)3)15-7-5-4-6-8-15/h4-8,21H,9-14H2,1-3H3,(H,19,22). The molecule has 1 aromatic carbocycles. The van der Waals surface area contributed by atoms with Gasteiger partial charge < -0.3 is 10.4 Å². The van der Waals surface area contributed by atoms with Crippen molar-refractivity contribution < 1.29 is 9.90 Å². The zero-order chi connectivity index (χ0) is 16.2. The smallest absolute Gasteiger partial charge is 0.245 e. The summed E-state index contributed by atoms with van der Waals surface area (Å²) in [4.78, 5) is 13.6. The lowest BCUT2D eigenvalue weighted by Gasteiger charge is -2.49. The SMILES string of the molecule is CN(C)C1(c2ccccc2)CCC(C)(CNC(=O)CO)CC1. The minimum absolute atomic E-state index is 0.0851. The van der Waals surface area contributed by atoms with E-state index in [1.807, 2.05) is 0 Å². The number of aliphatic hydroxyl groups is 1. The number of hydrogen-bond acceptors (Lipinski definition) is 3. The number of nitrogens with one attached hydrogen (secondary N) is 1. The molecule has 122 valence electrons. The molecule has 0 spiro atoms. The Morgan fingerprint density at radius 1 is 1.18 bits per heavy atom. The van der Waals surface area contributed by atoms with E-state index in [2.05, 4.69) is 61.6 Å². The van der Waals surface area contributed by atoms with E-state index in [4.69, 9.17) is 5.11 Å². The molecule has 0 unspecified atom stereocenters. The first kappa shape index (κ1) is 17.0. The van der Waals surface area contributed by atoms with Gasteiger partial charge in [0.1, 0.15) is 6.61 Å². The summed E-state index contributed by atoms with van der Waals surface area (Å²) >= 11 is 0. The van der Waals surface area contributed by atoms with E-state index in [1.54, 1.807) is 0 Å². The predicted octanol–water partition coefficient (Wildman–Crippen LogP) is 2.13. The van der Waals surface area contributed by atoms with Crippen LogP contribution in [0.15, 0.2) is 30.3 Å². The van der Waals surface area contributed by atoms with Crippen LogP contribution in [-0.4, -0.2) is 43.2 Å². The lowest BCUT2D eigenvalue weighted by molar-refractivity contribution is -0.124. The first-order chi connectivity index (χ1) is 10.4. The molecule has 0 aliphatic heterocycles. The van der Waals surface area contributed by atoms with E-state index in [-0.39, 0.29) is 16.9 Å². The van der Waals surface area contributed by atoms with Gasteiger partial charge in [0, 0.05) is 12.1 Å². The van der Waals surface area contributed by atoms with Crippen LogP contribution >= 0.6 is 0 Å². The van der Waals surface area contributed by atoms with Crippen LogP contribution in [0.25, 0.3) is 0 Å². The lowest BCUT2D eigenvalue weighted by atomic mass is 9.65. The van der Waals surface area contributed by atoms with Crippen LogP contribution in [-0.2, 0) is 10.3 Å². The molecule has 1 amide bonds. The van der Waals surface area contributed by atoms with Crippen molar-refractivity contribution >= 4 is 5.91 Å². The van der Waals surface area contributed by atoms with Gasteiger partial charge in [-0.1, -0.05) is 37.3 Å². The molecule has 4 nitrogen and oxygen atoms in total. The van der Waals surface area contributed by atoms with Crippen molar-refractivity contribution in [2.45, 2.75) is 38.1 Å². The summed E-state index contributed by atoms with van der Waals surface area (Å²) in [5, 5.41) is 11.7. The summed E-state index contributed by atoms with van der Waals surface area (Å²) in [6.07, 6.45) is 4.28. The summed E-state index contributed by atoms with van der Waals surface area (Å²) in [5.74, 6) is -0.284. The highest BCUT2D eigenvalue weighted by molar-refractivity contribution is 5.76. The summed E-state index contributed by atoms with van der Waals surface area (Å²) < 4.78 is 0. The Bertz CT molecular complexity index is 491. The topological polar surface area (TPSA) is 52.6 Å². The molecule has 1 saturated carbocycles. The molecule has 0 atom stereocenters. The Morgan fingerprint density at radius 3 is 2.27 bits per heavy atom. The largest absolute Gasteiger partial charge is 0.387 e. The number of nitrogens with zero attached hydrogens (tertiary/aromatic N) is 1. The molecule has 0 bridgehead atoms. The number of hydrogen-bond donors (Lipinski definition) is 2. The van der Waals surface area contributed by atoms with Crippen LogP contribution in [0.5, 0.6) is 0 Å². The van der Waals surface area contributed by atoms with Gasteiger partial charge in [-0.25, -0.2) is 0 Å². The van der Waals surface area contributed by atoms with Crippen LogP contribution in [0.1, 0.15) is 38.2 Å². The number of benzene rings is 1. The molecule has 0 saturated heterocycles. The second kappa shape index (κ2) is 6.80. The fourth-order valence-corrected chi connectivity index (χ4v) is 3.55. The molecule has 1 aliphatic carbocycles. The van der Waals surface area contributed by atoms with Crippen molar-refractivity contribution in [2.24, 2.45) is 5.41 Å². The second-order valence-electron chi connectivity index (χ2n) is 7.04. The maximum absolute atomic E-state index is 11.3. The Labute approximate surface area is 133 Å². The van der Waals surface area contributed by atoms with Gasteiger partial charge in [0.15, 0.2) is 0 Å². The van der Waals surface area contributed by atoms with Crippen molar-refractivity contribution in [2.75, 3.05) is 27.2 Å². The van der Waals surface area contributed by atoms with E-state index in [1.165, 1.54) is 5.56 Å². The summed E-state index contributed by atoms with van der Waals surface area (Å²) in [6, 6.07) is 10.7. The van der Waals surface area contributed by atoms with Gasteiger partial charge >= 0.3 is 0 Å². The molecule has 1 aliphatic rings. The molecular weight excluding hydrogens is 276 g/mol. The van der Waals surface area contributed by atoms with E-state index in [0.717, 1.165) is 25.7 Å². The second-order valence-corrected chi connectivity index (χ2v) is 7.04. The highest BCUT2D eigenvalue weighted by Gasteiger charge is 2.42. The van der Waals surface area contributed by atoms with Gasteiger partial charge in [-0.2, -0.15) is 0 Å². The van der Waals surface area contributed by atoms with Gasteiger partial charge in [0.25, 0.3) is 0 Å². The van der Waals surface area contributed by atoms with E-state index in [9.17, 15) is 4.79 Å². The molecule has 2 rings (SSSR count). The normalized spacial score (nSPS) is 28.6. The average molecular weight is 304 g/mol. The van der Waals surface area contributed by atoms with E-state index < -0.39 is 6.61 Å². The molecule has 0 radical (unpaired) electrons. The molecule has 2 N–H and O–H groups in total. The fraction of sp³-hybridized carbons (Fsp3) is 0.611. The molecule has 1 aromatic rings. The van der Waals surface area contributed by atoms with Gasteiger partial charge in [-0.15, -0.1) is 0 Å². The van der Waals surface area contributed by atoms with Gasteiger partial charge in [-0.05, 0) is 50.8 Å². The summed E-state index contributed by atoms with van der Waals surface area (Å²) in [5.41, 5.74) is 1.57. The van der Waals surface area contributed by atoms with Crippen LogP contribution < -0.4 is 5.32 Å². The zero-order valence-electron chi connectivity index (χ0n) is 13.9. The molecule has 0 heterocycles. The third-order valence-electron chi connectivity index (χ3n) is 5.31. The monoisotopic (exact) mass is 304 g/mol. The number of aliphatic hydroxyl groups excluding tert-OH is 1. The van der Waals surface area contributed by atoms with Crippen molar-refractivity contribution in [3.8, 4) is 0 Å². The third-order valence-corrected chi connectivity index (χ3v) is 5.31. The lowest BCUT2D eigenvalue weighted by Crippen LogP contribution is -2.48. The highest BCUT2D eigenvalue weighted by Crippen LogP contribution is 2.47. The van der Waals surface area contributed by atoms with Crippen molar-refractivity contribution in [3.05, 3.63) is 35.9 Å². The minimum Gasteiger partial charge on any atom is -0.387 e. The van der Waals surface area contributed by atoms with Crippen LogP contribution in [0.4, 0.5) is 0 Å². The van der Waals surface area contributed by atoms with E-state index in [0.29, 0.717) is 6.54 Å². The molecule has 4 heteroatoms. The first-order valence-electron chi connectivity index (χ1n) is 8.02. The summed E-state index contributed by atoms with van der Waals surface area (Å²) in [7, 11) is 4.31. The Morgan fingerprint density at radius 2 is 1.77 bits per heavy atom. The number of carbonyl (C=O) groups is 1. The zero-order valence-corrected chi connectivity index (χ0v) is 13.9. The van der Waals surface area contributed by atoms with Crippen molar-refractivity contribution in [1.82, 2.24) is 10.2 Å². The average Bonchev–Trinajstić information content (AvgIpc) is 2.54. The molecule has 22 heavy (non-hydrogen) atoms. The number of rotatable bonds is 5.